The van der Waals surface area contributed by atoms with E-state index in [2.05, 4.69) is 15.1 Å². The monoisotopic (exact) mass is 361 g/mol. The molecule has 7 nitrogen and oxygen atoms in total. The van der Waals surface area contributed by atoms with Crippen LogP contribution in [-0.4, -0.2) is 63.5 Å². The van der Waals surface area contributed by atoms with Gasteiger partial charge in [-0.25, -0.2) is 0 Å². The first-order valence-corrected chi connectivity index (χ1v) is 9.77. The Morgan fingerprint density at radius 1 is 1.12 bits per heavy atom. The molecule has 7 heteroatoms. The number of likely N-dealkylation sites (tertiary alicyclic amines) is 2. The van der Waals surface area contributed by atoms with Crippen LogP contribution in [0.25, 0.3) is 0 Å². The number of nitrogens with one attached hydrogen (secondary N) is 1. The van der Waals surface area contributed by atoms with E-state index in [0.29, 0.717) is 38.8 Å². The number of nitrogens with zero attached hydrogens (tertiary/aromatic N) is 3. The van der Waals surface area contributed by atoms with Gasteiger partial charge in [0.25, 0.3) is 0 Å². The fourth-order valence-electron chi connectivity index (χ4n) is 4.50. The summed E-state index contributed by atoms with van der Waals surface area (Å²) in [6.45, 7) is 7.06. The number of amides is 2. The number of piperidine rings is 2. The second-order valence-corrected chi connectivity index (χ2v) is 7.74. The molecule has 2 fully saturated rings. The lowest BCUT2D eigenvalue weighted by molar-refractivity contribution is -0.142. The van der Waals surface area contributed by atoms with E-state index in [1.54, 1.807) is 0 Å². The Bertz CT molecular complexity index is 635. The summed E-state index contributed by atoms with van der Waals surface area (Å²) in [6.07, 6.45) is 5.96. The molecule has 3 rings (SSSR count). The fraction of sp³-hybridized carbons (Fsp3) is 0.737. The molecule has 0 saturated carbocycles. The lowest BCUT2D eigenvalue weighted by atomic mass is 9.83. The van der Waals surface area contributed by atoms with Crippen LogP contribution in [0.1, 0.15) is 55.5 Å². The van der Waals surface area contributed by atoms with Crippen molar-refractivity contribution in [1.29, 1.82) is 0 Å². The second-order valence-electron chi connectivity index (χ2n) is 7.74. The maximum absolute atomic E-state index is 12.6. The summed E-state index contributed by atoms with van der Waals surface area (Å²) in [6, 6.07) is 0. The highest BCUT2D eigenvalue weighted by molar-refractivity contribution is 5.85. The number of rotatable bonds is 5. The molecular formula is C19H31N5O2. The standard InChI is InChI=1S/C19H31N5O2/c1-14-16(15(2)22-21-14)6-7-17(25)23-12-8-19(9-13-23,18(20)26)24-10-4-3-5-11-24/h3-13H2,1-2H3,(H2,20,26)(H,21,22). The molecule has 26 heavy (non-hydrogen) atoms. The van der Waals surface area contributed by atoms with E-state index in [1.165, 1.54) is 6.42 Å². The molecule has 144 valence electrons. The van der Waals surface area contributed by atoms with Crippen LogP contribution >= 0.6 is 0 Å². The van der Waals surface area contributed by atoms with E-state index in [9.17, 15) is 9.59 Å². The number of carbonyl (C=O) groups excluding carboxylic acids is 2. The van der Waals surface area contributed by atoms with Gasteiger partial charge in [0.2, 0.25) is 11.8 Å². The van der Waals surface area contributed by atoms with E-state index in [4.69, 9.17) is 5.73 Å². The van der Waals surface area contributed by atoms with E-state index in [1.807, 2.05) is 18.7 Å². The Morgan fingerprint density at radius 2 is 1.77 bits per heavy atom. The predicted octanol–water partition coefficient (Wildman–Crippen LogP) is 1.29. The van der Waals surface area contributed by atoms with Crippen LogP contribution in [-0.2, 0) is 16.0 Å². The van der Waals surface area contributed by atoms with E-state index in [-0.39, 0.29) is 11.8 Å². The van der Waals surface area contributed by atoms with Crippen LogP contribution in [0, 0.1) is 13.8 Å². The summed E-state index contributed by atoms with van der Waals surface area (Å²) in [7, 11) is 0. The third-order valence-electron chi connectivity index (χ3n) is 6.23. The van der Waals surface area contributed by atoms with Gasteiger partial charge in [0.1, 0.15) is 5.54 Å². The maximum Gasteiger partial charge on any atom is 0.238 e. The molecule has 0 aliphatic carbocycles. The summed E-state index contributed by atoms with van der Waals surface area (Å²) in [4.78, 5) is 29.1. The molecule has 3 heterocycles. The Balaban J connectivity index is 1.58. The van der Waals surface area contributed by atoms with Gasteiger partial charge in [0.15, 0.2) is 0 Å². The van der Waals surface area contributed by atoms with Gasteiger partial charge in [0.05, 0.1) is 5.69 Å². The van der Waals surface area contributed by atoms with Crippen LogP contribution in [0.4, 0.5) is 0 Å². The molecule has 2 amide bonds. The fourth-order valence-corrected chi connectivity index (χ4v) is 4.50. The Labute approximate surface area is 155 Å². The summed E-state index contributed by atoms with van der Waals surface area (Å²) < 4.78 is 0. The van der Waals surface area contributed by atoms with Crippen LogP contribution in [0.15, 0.2) is 0 Å². The number of hydrogen-bond donors (Lipinski definition) is 2. The van der Waals surface area contributed by atoms with E-state index < -0.39 is 5.54 Å². The molecule has 1 aromatic heterocycles. The number of carbonyl (C=O) groups is 2. The van der Waals surface area contributed by atoms with Crippen molar-refractivity contribution in [3.63, 3.8) is 0 Å². The van der Waals surface area contributed by atoms with Crippen LogP contribution < -0.4 is 5.73 Å². The molecule has 0 radical (unpaired) electrons. The largest absolute Gasteiger partial charge is 0.368 e. The van der Waals surface area contributed by atoms with Crippen LogP contribution in [0.5, 0.6) is 0 Å². The van der Waals surface area contributed by atoms with Crippen molar-refractivity contribution in [2.75, 3.05) is 26.2 Å². The average molecular weight is 361 g/mol. The van der Waals surface area contributed by atoms with Crippen molar-refractivity contribution in [3.05, 3.63) is 17.0 Å². The topological polar surface area (TPSA) is 95.3 Å². The molecule has 0 bridgehead atoms. The van der Waals surface area contributed by atoms with Crippen molar-refractivity contribution in [1.82, 2.24) is 20.0 Å². The van der Waals surface area contributed by atoms with Gasteiger partial charge >= 0.3 is 0 Å². The van der Waals surface area contributed by atoms with Gasteiger partial charge < -0.3 is 10.6 Å². The predicted molar refractivity (Wildman–Crippen MR) is 99.5 cm³/mol. The van der Waals surface area contributed by atoms with E-state index >= 15 is 0 Å². The number of aromatic amines is 1. The molecule has 2 saturated heterocycles. The molecule has 2 aliphatic rings. The summed E-state index contributed by atoms with van der Waals surface area (Å²) in [5, 5.41) is 7.16. The first kappa shape index (κ1) is 18.9. The quantitative estimate of drug-likeness (QED) is 0.826. The average Bonchev–Trinajstić information content (AvgIpc) is 2.98. The van der Waals surface area contributed by atoms with Crippen LogP contribution in [0.3, 0.4) is 0 Å². The van der Waals surface area contributed by atoms with Gasteiger partial charge in [-0.1, -0.05) is 6.42 Å². The summed E-state index contributed by atoms with van der Waals surface area (Å²) >= 11 is 0. The third kappa shape index (κ3) is 3.63. The molecule has 0 aromatic carbocycles. The van der Waals surface area contributed by atoms with Crippen molar-refractivity contribution in [2.24, 2.45) is 5.73 Å². The number of aryl methyl sites for hydroxylation is 2. The Morgan fingerprint density at radius 3 is 2.31 bits per heavy atom. The third-order valence-corrected chi connectivity index (χ3v) is 6.23. The normalized spacial score (nSPS) is 20.9. The number of hydrogen-bond acceptors (Lipinski definition) is 4. The van der Waals surface area contributed by atoms with Gasteiger partial charge in [-0.15, -0.1) is 0 Å². The van der Waals surface area contributed by atoms with Gasteiger partial charge in [0, 0.05) is 25.2 Å². The highest BCUT2D eigenvalue weighted by Crippen LogP contribution is 2.31. The maximum atomic E-state index is 12.6. The molecule has 1 aromatic rings. The second kappa shape index (κ2) is 7.78. The lowest BCUT2D eigenvalue weighted by Gasteiger charge is -2.48. The smallest absolute Gasteiger partial charge is 0.238 e. The number of nitrogens with two attached hydrogens (primary N) is 1. The van der Waals surface area contributed by atoms with Gasteiger partial charge in [-0.3, -0.25) is 19.6 Å². The summed E-state index contributed by atoms with van der Waals surface area (Å²) in [5.74, 6) is -0.0714. The zero-order valence-corrected chi connectivity index (χ0v) is 16.0. The molecular weight excluding hydrogens is 330 g/mol. The SMILES string of the molecule is Cc1n[nH]c(C)c1CCC(=O)N1CCC(C(N)=O)(N2CCCCC2)CC1. The lowest BCUT2D eigenvalue weighted by Crippen LogP contribution is -2.63. The number of H-pyrrole nitrogens is 1. The molecule has 0 atom stereocenters. The molecule has 0 unspecified atom stereocenters. The minimum Gasteiger partial charge on any atom is -0.368 e. The van der Waals surface area contributed by atoms with Gasteiger partial charge in [-0.05, 0) is 64.6 Å². The number of aromatic nitrogens is 2. The first-order valence-electron chi connectivity index (χ1n) is 9.77. The summed E-state index contributed by atoms with van der Waals surface area (Å²) in [5.41, 5.74) is 8.39. The van der Waals surface area contributed by atoms with Crippen LogP contribution in [0.2, 0.25) is 0 Å². The van der Waals surface area contributed by atoms with Crippen molar-refractivity contribution in [3.8, 4) is 0 Å². The van der Waals surface area contributed by atoms with Gasteiger partial charge in [-0.2, -0.15) is 5.10 Å². The van der Waals surface area contributed by atoms with Crippen molar-refractivity contribution in [2.45, 2.75) is 64.3 Å². The Kier molecular flexibility index (Phi) is 5.65. The van der Waals surface area contributed by atoms with Crippen molar-refractivity contribution < 1.29 is 9.59 Å². The minimum atomic E-state index is -0.561. The first-order chi connectivity index (χ1) is 12.4. The zero-order valence-electron chi connectivity index (χ0n) is 16.0. The highest BCUT2D eigenvalue weighted by atomic mass is 16.2. The molecule has 3 N–H and O–H groups in total. The Hall–Kier alpha value is -1.89. The van der Waals surface area contributed by atoms with Crippen molar-refractivity contribution >= 4 is 11.8 Å². The zero-order chi connectivity index (χ0) is 18.7. The minimum absolute atomic E-state index is 0.154. The molecule has 2 aliphatic heterocycles. The number of primary amides is 1. The highest BCUT2D eigenvalue weighted by Gasteiger charge is 2.45. The molecule has 0 spiro atoms. The van der Waals surface area contributed by atoms with E-state index in [0.717, 1.165) is 42.9 Å².